The van der Waals surface area contributed by atoms with E-state index in [0.717, 1.165) is 25.7 Å². The Balaban J connectivity index is 1.41. The second kappa shape index (κ2) is 14.2. The van der Waals surface area contributed by atoms with Crippen LogP contribution in [0.4, 0.5) is 16.2 Å². The molecule has 2 aromatic rings. The molecule has 1 fully saturated rings. The molecule has 8 nitrogen and oxygen atoms in total. The number of benzene rings is 2. The van der Waals surface area contributed by atoms with Crippen molar-refractivity contribution in [2.75, 3.05) is 37.0 Å². The zero-order valence-electron chi connectivity index (χ0n) is 19.4. The van der Waals surface area contributed by atoms with Crippen molar-refractivity contribution in [3.05, 3.63) is 59.6 Å². The first-order valence-corrected chi connectivity index (χ1v) is 13.2. The summed E-state index contributed by atoms with van der Waals surface area (Å²) in [5, 5.41) is 3.10. The zero-order valence-corrected chi connectivity index (χ0v) is 21.0. The number of carbonyl (C=O) groups excluding carboxylic acids is 2. The molecule has 0 bridgehead atoms. The van der Waals surface area contributed by atoms with Crippen LogP contribution in [0.15, 0.2) is 54.6 Å². The van der Waals surface area contributed by atoms with E-state index in [1.807, 2.05) is 30.3 Å². The predicted molar refractivity (Wildman–Crippen MR) is 134 cm³/mol. The minimum Gasteiger partial charge on any atom is -0.772 e. The van der Waals surface area contributed by atoms with Gasteiger partial charge in [0.25, 0.3) is 0 Å². The summed E-state index contributed by atoms with van der Waals surface area (Å²) < 4.78 is 32.1. The van der Waals surface area contributed by atoms with Crippen molar-refractivity contribution in [1.82, 2.24) is 5.32 Å². The quantitative estimate of drug-likeness (QED) is 0.438. The smallest absolute Gasteiger partial charge is 0.418 e. The molecule has 1 N–H and O–H groups in total. The molecular weight excluding hydrogens is 492 g/mol. The Morgan fingerprint density at radius 3 is 2.20 bits per heavy atom. The molecule has 35 heavy (non-hydrogen) atoms. The number of ether oxygens (including phenoxy) is 2. The zero-order chi connectivity index (χ0) is 25.0. The van der Waals surface area contributed by atoms with E-state index in [-0.39, 0.29) is 30.7 Å². The number of nitrogens with zero attached hydrogens (tertiary/aromatic N) is 1. The monoisotopic (exact) mass is 521 g/mol. The highest BCUT2D eigenvalue weighted by molar-refractivity contribution is 7.79. The minimum absolute atomic E-state index is 0.0803. The van der Waals surface area contributed by atoms with Crippen LogP contribution in [0, 0.1) is 11.8 Å². The fourth-order valence-electron chi connectivity index (χ4n) is 3.99. The highest BCUT2D eigenvalue weighted by Crippen LogP contribution is 2.31. The molecule has 0 radical (unpaired) electrons. The molecule has 0 aliphatic heterocycles. The lowest BCUT2D eigenvalue weighted by Crippen LogP contribution is -2.32. The van der Waals surface area contributed by atoms with Crippen LogP contribution >= 0.6 is 11.6 Å². The fraction of sp³-hybridized carbons (Fsp3) is 0.440. The normalized spacial score (nSPS) is 18.5. The van der Waals surface area contributed by atoms with Crippen LogP contribution in [0.1, 0.15) is 25.7 Å². The number of hydrogen-bond donors (Lipinski definition) is 1. The number of rotatable bonds is 11. The summed E-state index contributed by atoms with van der Waals surface area (Å²) in [7, 11) is 0. The molecule has 0 heterocycles. The van der Waals surface area contributed by atoms with Gasteiger partial charge in [0, 0.05) is 17.3 Å². The maximum Gasteiger partial charge on any atom is 0.418 e. The van der Waals surface area contributed by atoms with Gasteiger partial charge in [-0.1, -0.05) is 40.9 Å². The Labute approximate surface area is 213 Å². The molecular formula is C25H30ClN2O6S-. The topological polar surface area (TPSA) is 108 Å². The van der Waals surface area contributed by atoms with Gasteiger partial charge in [-0.3, -0.25) is 9.00 Å². The summed E-state index contributed by atoms with van der Waals surface area (Å²) in [6, 6.07) is 16.4. The van der Waals surface area contributed by atoms with Gasteiger partial charge in [-0.25, -0.2) is 9.69 Å². The van der Waals surface area contributed by atoms with Crippen molar-refractivity contribution in [2.45, 2.75) is 25.7 Å². The Hall–Kier alpha value is -2.46. The number of nitrogens with one attached hydrogen (secondary N) is 1. The Bertz CT molecular complexity index is 968. The van der Waals surface area contributed by atoms with Gasteiger partial charge in [0.15, 0.2) is 0 Å². The molecule has 0 saturated heterocycles. The van der Waals surface area contributed by atoms with Crippen molar-refractivity contribution in [3.8, 4) is 0 Å². The van der Waals surface area contributed by atoms with Crippen LogP contribution in [-0.2, 0) is 25.3 Å². The SMILES string of the molecule is O=C(COCC1CCC(COC(=O)N(c2ccccc2)c2ccc(Cl)cc2)CC1)NCCS(=O)[O-]. The molecule has 2 aromatic carbocycles. The first-order valence-electron chi connectivity index (χ1n) is 11.6. The standard InChI is InChI=1S/C25H31ClN2O6S/c26-21-10-12-23(13-11-21)28(22-4-2-1-3-5-22)25(30)34-17-20-8-6-19(7-9-20)16-33-18-24(29)27-14-15-35(31)32/h1-5,10-13,19-20H,6-9,14-18H2,(H,27,29)(H,31,32)/p-1. The lowest BCUT2D eigenvalue weighted by Gasteiger charge is -2.29. The van der Waals surface area contributed by atoms with E-state index in [1.165, 1.54) is 4.90 Å². The maximum absolute atomic E-state index is 13.0. The van der Waals surface area contributed by atoms with Crippen molar-refractivity contribution in [3.63, 3.8) is 0 Å². The first-order chi connectivity index (χ1) is 16.9. The van der Waals surface area contributed by atoms with Crippen molar-refractivity contribution >= 4 is 46.1 Å². The van der Waals surface area contributed by atoms with Crippen LogP contribution in [0.3, 0.4) is 0 Å². The summed E-state index contributed by atoms with van der Waals surface area (Å²) in [6.07, 6.45) is 3.25. The van der Waals surface area contributed by atoms with Gasteiger partial charge in [-0.05, 0) is 73.9 Å². The predicted octanol–water partition coefficient (Wildman–Crippen LogP) is 4.43. The molecule has 2 amide bonds. The average molecular weight is 522 g/mol. The lowest BCUT2D eigenvalue weighted by atomic mass is 9.83. The highest BCUT2D eigenvalue weighted by Gasteiger charge is 2.25. The van der Waals surface area contributed by atoms with Crippen molar-refractivity contribution in [2.24, 2.45) is 11.8 Å². The van der Waals surface area contributed by atoms with Crippen molar-refractivity contribution in [1.29, 1.82) is 0 Å². The third kappa shape index (κ3) is 9.25. The number of anilines is 2. The van der Waals surface area contributed by atoms with E-state index in [4.69, 9.17) is 21.1 Å². The van der Waals surface area contributed by atoms with Gasteiger partial charge in [-0.2, -0.15) is 0 Å². The molecule has 0 spiro atoms. The number of carbonyl (C=O) groups is 2. The highest BCUT2D eigenvalue weighted by atomic mass is 35.5. The third-order valence-electron chi connectivity index (χ3n) is 5.87. The molecule has 0 aromatic heterocycles. The van der Waals surface area contributed by atoms with Crippen LogP contribution in [-0.4, -0.2) is 52.9 Å². The van der Waals surface area contributed by atoms with Gasteiger partial charge in [-0.15, -0.1) is 0 Å². The minimum atomic E-state index is -2.17. The molecule has 1 saturated carbocycles. The summed E-state index contributed by atoms with van der Waals surface area (Å²) in [5.41, 5.74) is 1.39. The molecule has 1 aliphatic carbocycles. The maximum atomic E-state index is 13.0. The van der Waals surface area contributed by atoms with E-state index in [0.29, 0.717) is 35.5 Å². The Morgan fingerprint density at radius 1 is 0.971 bits per heavy atom. The third-order valence-corrected chi connectivity index (χ3v) is 6.66. The van der Waals surface area contributed by atoms with E-state index in [9.17, 15) is 18.4 Å². The number of halogens is 1. The van der Waals surface area contributed by atoms with Crippen molar-refractivity contribution < 1.29 is 27.8 Å². The Kier molecular flexibility index (Phi) is 11.0. The van der Waals surface area contributed by atoms with Gasteiger partial charge in [0.2, 0.25) is 5.91 Å². The van der Waals surface area contributed by atoms with Gasteiger partial charge in [0.1, 0.15) is 6.61 Å². The molecule has 1 aliphatic rings. The second-order valence-electron chi connectivity index (χ2n) is 8.48. The number of para-hydroxylation sites is 1. The fourth-order valence-corrected chi connectivity index (χ4v) is 4.38. The molecule has 10 heteroatoms. The number of amides is 2. The molecule has 1 atom stereocenters. The van der Waals surface area contributed by atoms with Gasteiger partial charge >= 0.3 is 6.09 Å². The molecule has 3 rings (SSSR count). The second-order valence-corrected chi connectivity index (χ2v) is 9.94. The van der Waals surface area contributed by atoms with E-state index in [1.54, 1.807) is 24.3 Å². The van der Waals surface area contributed by atoms with Crippen LogP contribution in [0.5, 0.6) is 0 Å². The van der Waals surface area contributed by atoms with Crippen LogP contribution < -0.4 is 10.2 Å². The largest absolute Gasteiger partial charge is 0.772 e. The number of hydrogen-bond acceptors (Lipinski definition) is 6. The van der Waals surface area contributed by atoms with E-state index < -0.39 is 17.2 Å². The van der Waals surface area contributed by atoms with Gasteiger partial charge < -0.3 is 19.3 Å². The summed E-state index contributed by atoms with van der Waals surface area (Å²) in [4.78, 5) is 26.2. The lowest BCUT2D eigenvalue weighted by molar-refractivity contribution is -0.126. The molecule has 1 unspecified atom stereocenters. The summed E-state index contributed by atoms with van der Waals surface area (Å²) >= 11 is 3.84. The van der Waals surface area contributed by atoms with Gasteiger partial charge in [0.05, 0.1) is 24.6 Å². The van der Waals surface area contributed by atoms with E-state index in [2.05, 4.69) is 5.32 Å². The summed E-state index contributed by atoms with van der Waals surface area (Å²) in [6.45, 7) is 0.823. The Morgan fingerprint density at radius 2 is 1.57 bits per heavy atom. The van der Waals surface area contributed by atoms with E-state index >= 15 is 0 Å². The molecule has 190 valence electrons. The van der Waals surface area contributed by atoms with Crippen LogP contribution in [0.2, 0.25) is 5.02 Å². The first kappa shape index (κ1) is 27.1. The van der Waals surface area contributed by atoms with Crippen LogP contribution in [0.25, 0.3) is 0 Å². The average Bonchev–Trinajstić information content (AvgIpc) is 2.85. The summed E-state index contributed by atoms with van der Waals surface area (Å²) in [5.74, 6) is 0.191.